The van der Waals surface area contributed by atoms with E-state index in [9.17, 15) is 0 Å². The van der Waals surface area contributed by atoms with Crippen molar-refractivity contribution in [2.24, 2.45) is 0 Å². The highest BCUT2D eigenvalue weighted by molar-refractivity contribution is 9.10. The molecule has 1 heterocycles. The van der Waals surface area contributed by atoms with Gasteiger partial charge >= 0.3 is 0 Å². The van der Waals surface area contributed by atoms with Crippen molar-refractivity contribution >= 4 is 21.6 Å². The fraction of sp³-hybridized carbons (Fsp3) is 0.429. The van der Waals surface area contributed by atoms with Gasteiger partial charge in [-0.15, -0.1) is 0 Å². The van der Waals surface area contributed by atoms with Gasteiger partial charge in [-0.25, -0.2) is 0 Å². The van der Waals surface area contributed by atoms with Gasteiger partial charge in [-0.1, -0.05) is 15.9 Å². The average Bonchev–Trinajstić information content (AvgIpc) is 2.38. The largest absolute Gasteiger partial charge is 0.497 e. The topological polar surface area (TPSA) is 30.5 Å². The molecule has 1 aromatic carbocycles. The minimum atomic E-state index is 0.239. The van der Waals surface area contributed by atoms with Crippen LogP contribution in [-0.4, -0.2) is 19.8 Å². The first kappa shape index (κ1) is 13.3. The summed E-state index contributed by atoms with van der Waals surface area (Å²) in [6.07, 6.45) is 6.23. The first-order valence-corrected chi connectivity index (χ1v) is 6.88. The van der Waals surface area contributed by atoms with E-state index in [0.29, 0.717) is 0 Å². The summed E-state index contributed by atoms with van der Waals surface area (Å²) in [7, 11) is 1.69. The SMILES string of the molecule is COc1cc(Br)cc(C)c1NCC1CCC=CO1. The molecule has 1 N–H and O–H groups in total. The van der Waals surface area contributed by atoms with Crippen molar-refractivity contribution in [3.05, 3.63) is 34.5 Å². The van der Waals surface area contributed by atoms with Crippen LogP contribution >= 0.6 is 15.9 Å². The Kier molecular flexibility index (Phi) is 4.53. The van der Waals surface area contributed by atoms with Gasteiger partial charge < -0.3 is 14.8 Å². The summed E-state index contributed by atoms with van der Waals surface area (Å²) in [6.45, 7) is 2.86. The Balaban J connectivity index is 2.06. The number of rotatable bonds is 4. The molecule has 0 fully saturated rings. The Morgan fingerprint density at radius 1 is 1.50 bits per heavy atom. The van der Waals surface area contributed by atoms with Crippen LogP contribution in [0.25, 0.3) is 0 Å². The normalized spacial score (nSPS) is 18.3. The molecule has 98 valence electrons. The maximum atomic E-state index is 5.54. The fourth-order valence-corrected chi connectivity index (χ4v) is 2.60. The van der Waals surface area contributed by atoms with Gasteiger partial charge in [-0.2, -0.15) is 0 Å². The van der Waals surface area contributed by atoms with E-state index >= 15 is 0 Å². The van der Waals surface area contributed by atoms with Crippen molar-refractivity contribution in [3.8, 4) is 5.75 Å². The fourth-order valence-electron chi connectivity index (χ4n) is 2.05. The Labute approximate surface area is 116 Å². The Bertz CT molecular complexity index is 446. The van der Waals surface area contributed by atoms with Crippen LogP contribution < -0.4 is 10.1 Å². The number of nitrogens with one attached hydrogen (secondary N) is 1. The van der Waals surface area contributed by atoms with Gasteiger partial charge in [0.15, 0.2) is 0 Å². The van der Waals surface area contributed by atoms with E-state index in [1.54, 1.807) is 13.4 Å². The van der Waals surface area contributed by atoms with E-state index in [-0.39, 0.29) is 6.10 Å². The van der Waals surface area contributed by atoms with Crippen molar-refractivity contribution in [2.75, 3.05) is 19.0 Å². The summed E-state index contributed by atoms with van der Waals surface area (Å²) in [4.78, 5) is 0. The molecule has 0 saturated carbocycles. The minimum absolute atomic E-state index is 0.239. The predicted molar refractivity (Wildman–Crippen MR) is 77.2 cm³/mol. The van der Waals surface area contributed by atoms with E-state index in [1.165, 1.54) is 0 Å². The zero-order valence-corrected chi connectivity index (χ0v) is 12.3. The number of hydrogen-bond donors (Lipinski definition) is 1. The van der Waals surface area contributed by atoms with Crippen molar-refractivity contribution in [2.45, 2.75) is 25.9 Å². The summed E-state index contributed by atoms with van der Waals surface area (Å²) >= 11 is 3.47. The Hall–Kier alpha value is -1.16. The monoisotopic (exact) mass is 311 g/mol. The molecular formula is C14H18BrNO2. The van der Waals surface area contributed by atoms with Crippen LogP contribution in [0.15, 0.2) is 28.9 Å². The molecule has 0 radical (unpaired) electrons. The van der Waals surface area contributed by atoms with Crippen LogP contribution in [0.3, 0.4) is 0 Å². The molecule has 1 aliphatic heterocycles. The quantitative estimate of drug-likeness (QED) is 0.915. The van der Waals surface area contributed by atoms with Crippen LogP contribution in [0.1, 0.15) is 18.4 Å². The second kappa shape index (κ2) is 6.14. The third-order valence-electron chi connectivity index (χ3n) is 3.01. The number of methoxy groups -OCH3 is 1. The van der Waals surface area contributed by atoms with Gasteiger partial charge in [0.2, 0.25) is 0 Å². The molecule has 0 amide bonds. The second-order valence-corrected chi connectivity index (χ2v) is 5.30. The molecule has 1 aliphatic rings. The van der Waals surface area contributed by atoms with Crippen LogP contribution in [0.4, 0.5) is 5.69 Å². The molecule has 1 unspecified atom stereocenters. The maximum absolute atomic E-state index is 5.54. The molecule has 18 heavy (non-hydrogen) atoms. The zero-order valence-electron chi connectivity index (χ0n) is 10.7. The van der Waals surface area contributed by atoms with E-state index in [2.05, 4.69) is 40.3 Å². The lowest BCUT2D eigenvalue weighted by molar-refractivity contribution is 0.135. The molecule has 0 saturated heterocycles. The van der Waals surface area contributed by atoms with Crippen LogP contribution in [0, 0.1) is 6.92 Å². The number of benzene rings is 1. The molecule has 4 heteroatoms. The molecule has 0 aromatic heterocycles. The Morgan fingerprint density at radius 3 is 3.00 bits per heavy atom. The molecule has 3 nitrogen and oxygen atoms in total. The summed E-state index contributed by atoms with van der Waals surface area (Å²) in [5.74, 6) is 0.855. The molecule has 0 bridgehead atoms. The van der Waals surface area contributed by atoms with Gasteiger partial charge in [0, 0.05) is 4.47 Å². The number of hydrogen-bond acceptors (Lipinski definition) is 3. The molecular weight excluding hydrogens is 294 g/mol. The van der Waals surface area contributed by atoms with Crippen molar-refractivity contribution in [1.29, 1.82) is 0 Å². The van der Waals surface area contributed by atoms with Gasteiger partial charge in [0.25, 0.3) is 0 Å². The summed E-state index contributed by atoms with van der Waals surface area (Å²) in [6, 6.07) is 4.05. The van der Waals surface area contributed by atoms with E-state index in [1.807, 2.05) is 6.07 Å². The number of anilines is 1. The van der Waals surface area contributed by atoms with Crippen molar-refractivity contribution in [3.63, 3.8) is 0 Å². The molecule has 1 aromatic rings. The molecule has 2 rings (SSSR count). The van der Waals surface area contributed by atoms with Gasteiger partial charge in [0.05, 0.1) is 25.6 Å². The van der Waals surface area contributed by atoms with E-state index < -0.39 is 0 Å². The lowest BCUT2D eigenvalue weighted by Gasteiger charge is -2.22. The first-order chi connectivity index (χ1) is 8.70. The van der Waals surface area contributed by atoms with Gasteiger partial charge in [-0.3, -0.25) is 0 Å². The highest BCUT2D eigenvalue weighted by Gasteiger charge is 2.13. The molecule has 0 spiro atoms. The summed E-state index contributed by atoms with van der Waals surface area (Å²) in [5, 5.41) is 3.42. The number of ether oxygens (including phenoxy) is 2. The predicted octanol–water partition coefficient (Wildman–Crippen LogP) is 3.87. The number of halogens is 1. The van der Waals surface area contributed by atoms with Crippen LogP contribution in [0.5, 0.6) is 5.75 Å². The standard InChI is InChI=1S/C14H18BrNO2/c1-10-7-11(15)8-13(17-2)14(10)16-9-12-5-3-4-6-18-12/h4,6-8,12,16H,3,5,9H2,1-2H3. The maximum Gasteiger partial charge on any atom is 0.143 e. The summed E-state index contributed by atoms with van der Waals surface area (Å²) < 4.78 is 12.0. The van der Waals surface area contributed by atoms with Crippen LogP contribution in [0.2, 0.25) is 0 Å². The third kappa shape index (κ3) is 3.19. The first-order valence-electron chi connectivity index (χ1n) is 6.09. The minimum Gasteiger partial charge on any atom is -0.497 e. The zero-order chi connectivity index (χ0) is 13.0. The number of allylic oxidation sites excluding steroid dienone is 1. The van der Waals surface area contributed by atoms with Crippen LogP contribution in [-0.2, 0) is 4.74 Å². The smallest absolute Gasteiger partial charge is 0.143 e. The average molecular weight is 312 g/mol. The van der Waals surface area contributed by atoms with E-state index in [4.69, 9.17) is 9.47 Å². The molecule has 1 atom stereocenters. The second-order valence-electron chi connectivity index (χ2n) is 4.39. The Morgan fingerprint density at radius 2 is 2.33 bits per heavy atom. The van der Waals surface area contributed by atoms with Crippen molar-refractivity contribution < 1.29 is 9.47 Å². The van der Waals surface area contributed by atoms with Gasteiger partial charge in [-0.05, 0) is 43.5 Å². The van der Waals surface area contributed by atoms with Gasteiger partial charge in [0.1, 0.15) is 11.9 Å². The van der Waals surface area contributed by atoms with E-state index in [0.717, 1.165) is 40.9 Å². The highest BCUT2D eigenvalue weighted by atomic mass is 79.9. The summed E-state index contributed by atoms with van der Waals surface area (Å²) in [5.41, 5.74) is 2.20. The highest BCUT2D eigenvalue weighted by Crippen LogP contribution is 2.32. The third-order valence-corrected chi connectivity index (χ3v) is 3.47. The number of aryl methyl sites for hydroxylation is 1. The lowest BCUT2D eigenvalue weighted by atomic mass is 10.1. The lowest BCUT2D eigenvalue weighted by Crippen LogP contribution is -2.23. The van der Waals surface area contributed by atoms with Crippen molar-refractivity contribution in [1.82, 2.24) is 0 Å². The molecule has 0 aliphatic carbocycles.